The lowest BCUT2D eigenvalue weighted by Gasteiger charge is -1.98. The summed E-state index contributed by atoms with van der Waals surface area (Å²) in [5.74, 6) is -0.0705. The van der Waals surface area contributed by atoms with E-state index >= 15 is 0 Å². The highest BCUT2D eigenvalue weighted by Gasteiger charge is 2.12. The van der Waals surface area contributed by atoms with Crippen LogP contribution in [0.25, 0.3) is 0 Å². The van der Waals surface area contributed by atoms with Crippen LogP contribution in [-0.4, -0.2) is 15.7 Å². The second-order valence-corrected chi connectivity index (χ2v) is 4.31. The first-order chi connectivity index (χ1) is 5.52. The lowest BCUT2D eigenvalue weighted by Crippen LogP contribution is -2.07. The van der Waals surface area contributed by atoms with Crippen LogP contribution < -0.4 is 5.32 Å². The van der Waals surface area contributed by atoms with Gasteiger partial charge >= 0.3 is 0 Å². The number of halogens is 2. The van der Waals surface area contributed by atoms with Gasteiger partial charge in [0, 0.05) is 14.0 Å². The lowest BCUT2D eigenvalue weighted by atomic mass is 10.5. The number of amides is 1. The van der Waals surface area contributed by atoms with E-state index in [1.54, 1.807) is 4.68 Å². The Labute approximate surface area is 97.4 Å². The summed E-state index contributed by atoms with van der Waals surface area (Å²) in [4.78, 5) is 10.8. The van der Waals surface area contributed by atoms with Crippen LogP contribution in [0, 0.1) is 7.40 Å². The molecular weight excluding hydrogens is 384 g/mol. The van der Waals surface area contributed by atoms with E-state index in [9.17, 15) is 4.79 Å². The largest absolute Gasteiger partial charge is 0.322 e. The third-order valence-electron chi connectivity index (χ3n) is 1.24. The fourth-order valence-corrected chi connectivity index (χ4v) is 2.48. The molecule has 0 aliphatic rings. The average molecular weight is 391 g/mol. The maximum absolute atomic E-state index is 10.8. The van der Waals surface area contributed by atoms with Crippen LogP contribution in [0.15, 0.2) is 0 Å². The highest BCUT2D eigenvalue weighted by atomic mass is 127. The first-order valence-electron chi connectivity index (χ1n) is 3.18. The zero-order valence-corrected chi connectivity index (χ0v) is 10.9. The zero-order valence-electron chi connectivity index (χ0n) is 6.56. The second-order valence-electron chi connectivity index (χ2n) is 2.26. The van der Waals surface area contributed by atoms with Crippen LogP contribution in [0.4, 0.5) is 5.69 Å². The van der Waals surface area contributed by atoms with Gasteiger partial charge in [-0.2, -0.15) is 5.10 Å². The Morgan fingerprint density at radius 3 is 2.50 bits per heavy atom. The van der Waals surface area contributed by atoms with E-state index < -0.39 is 0 Å². The Balaban J connectivity index is 3.05. The van der Waals surface area contributed by atoms with Gasteiger partial charge in [0.05, 0.1) is 0 Å². The molecule has 0 aliphatic carbocycles. The molecule has 1 aromatic heterocycles. The maximum Gasteiger partial charge on any atom is 0.221 e. The van der Waals surface area contributed by atoms with Gasteiger partial charge in [-0.25, -0.2) is 0 Å². The van der Waals surface area contributed by atoms with Crippen molar-refractivity contribution >= 4 is 56.8 Å². The van der Waals surface area contributed by atoms with Crippen molar-refractivity contribution in [1.82, 2.24) is 9.78 Å². The fourth-order valence-electron chi connectivity index (χ4n) is 0.752. The molecule has 1 aromatic rings. The molecule has 66 valence electrons. The van der Waals surface area contributed by atoms with Gasteiger partial charge < -0.3 is 5.32 Å². The van der Waals surface area contributed by atoms with Crippen molar-refractivity contribution in [1.29, 1.82) is 0 Å². The predicted octanol–water partition coefficient (Wildman–Crippen LogP) is 1.59. The Hall–Kier alpha value is 0.140. The van der Waals surface area contributed by atoms with E-state index in [4.69, 9.17) is 0 Å². The summed E-state index contributed by atoms with van der Waals surface area (Å²) < 4.78 is 3.48. The van der Waals surface area contributed by atoms with Crippen molar-refractivity contribution in [3.63, 3.8) is 0 Å². The number of aromatic nitrogens is 2. The van der Waals surface area contributed by atoms with Gasteiger partial charge in [-0.05, 0) is 45.2 Å². The van der Waals surface area contributed by atoms with Crippen molar-refractivity contribution < 1.29 is 4.79 Å². The molecule has 0 bridgehead atoms. The van der Waals surface area contributed by atoms with Gasteiger partial charge in [0.2, 0.25) is 5.91 Å². The van der Waals surface area contributed by atoms with Gasteiger partial charge in [-0.1, -0.05) is 0 Å². The second kappa shape index (κ2) is 3.90. The third kappa shape index (κ3) is 2.09. The lowest BCUT2D eigenvalue weighted by molar-refractivity contribution is -0.114. The molecular formula is C6H7I2N3O. The van der Waals surface area contributed by atoms with Crippen LogP contribution in [0.3, 0.4) is 0 Å². The maximum atomic E-state index is 10.8. The Bertz CT molecular complexity index is 321. The number of rotatable bonds is 1. The van der Waals surface area contributed by atoms with E-state index in [0.717, 1.165) is 13.1 Å². The zero-order chi connectivity index (χ0) is 9.30. The molecule has 12 heavy (non-hydrogen) atoms. The summed E-state index contributed by atoms with van der Waals surface area (Å²) in [6.07, 6.45) is 0. The molecule has 0 saturated heterocycles. The summed E-state index contributed by atoms with van der Waals surface area (Å²) in [5.41, 5.74) is 0.797. The number of anilines is 1. The van der Waals surface area contributed by atoms with Gasteiger partial charge in [0.1, 0.15) is 13.1 Å². The molecule has 0 radical (unpaired) electrons. The van der Waals surface area contributed by atoms with Crippen molar-refractivity contribution in [2.75, 3.05) is 5.32 Å². The van der Waals surface area contributed by atoms with E-state index in [1.807, 2.05) is 7.05 Å². The van der Waals surface area contributed by atoms with Crippen LogP contribution >= 0.6 is 45.2 Å². The Morgan fingerprint density at radius 2 is 2.17 bits per heavy atom. The first kappa shape index (κ1) is 10.2. The number of nitrogens with one attached hydrogen (secondary N) is 1. The minimum absolute atomic E-state index is 0.0705. The monoisotopic (exact) mass is 391 g/mol. The topological polar surface area (TPSA) is 46.9 Å². The number of hydrogen-bond donors (Lipinski definition) is 1. The molecule has 1 rings (SSSR count). The Morgan fingerprint density at radius 1 is 1.58 bits per heavy atom. The number of nitrogens with zero attached hydrogens (tertiary/aromatic N) is 2. The van der Waals surface area contributed by atoms with Crippen LogP contribution in [0.1, 0.15) is 6.92 Å². The quantitative estimate of drug-likeness (QED) is 0.740. The molecule has 0 spiro atoms. The minimum atomic E-state index is -0.0705. The summed E-state index contributed by atoms with van der Waals surface area (Å²) >= 11 is 4.23. The van der Waals surface area contributed by atoms with E-state index in [-0.39, 0.29) is 5.91 Å². The molecule has 4 nitrogen and oxygen atoms in total. The van der Waals surface area contributed by atoms with Crippen molar-refractivity contribution in [3.05, 3.63) is 7.40 Å². The average Bonchev–Trinajstić information content (AvgIpc) is 2.16. The molecule has 0 saturated carbocycles. The van der Waals surface area contributed by atoms with Crippen LogP contribution in [-0.2, 0) is 11.8 Å². The van der Waals surface area contributed by atoms with Crippen molar-refractivity contribution in [2.45, 2.75) is 6.92 Å². The molecule has 0 atom stereocenters. The van der Waals surface area contributed by atoms with Gasteiger partial charge in [0.15, 0.2) is 0 Å². The Kier molecular flexibility index (Phi) is 3.32. The minimum Gasteiger partial charge on any atom is -0.322 e. The molecule has 0 fully saturated rings. The van der Waals surface area contributed by atoms with Crippen LogP contribution in [0.2, 0.25) is 0 Å². The highest BCUT2D eigenvalue weighted by Crippen LogP contribution is 2.23. The molecule has 0 unspecified atom stereocenters. The normalized spacial score (nSPS) is 10.0. The number of aryl methyl sites for hydroxylation is 1. The molecule has 1 heterocycles. The molecule has 6 heteroatoms. The van der Waals surface area contributed by atoms with Crippen molar-refractivity contribution in [2.24, 2.45) is 7.05 Å². The predicted molar refractivity (Wildman–Crippen MR) is 62.9 cm³/mol. The number of hydrogen-bond acceptors (Lipinski definition) is 2. The fraction of sp³-hybridized carbons (Fsp3) is 0.333. The summed E-state index contributed by atoms with van der Waals surface area (Å²) in [5, 5.41) is 6.87. The van der Waals surface area contributed by atoms with Gasteiger partial charge in [-0.3, -0.25) is 9.48 Å². The SMILES string of the molecule is CC(=O)Nc1c(I)nn(C)c1I. The molecule has 1 amide bonds. The third-order valence-corrected chi connectivity index (χ3v) is 3.23. The first-order valence-corrected chi connectivity index (χ1v) is 5.33. The van der Waals surface area contributed by atoms with E-state index in [1.165, 1.54) is 6.92 Å². The standard InChI is InChI=1S/C6H7I2N3O/c1-3(12)9-4-5(7)10-11(2)6(4)8/h1-2H3,(H,9,12). The van der Waals surface area contributed by atoms with Gasteiger partial charge in [-0.15, -0.1) is 0 Å². The van der Waals surface area contributed by atoms with E-state index in [2.05, 4.69) is 55.6 Å². The molecule has 1 N–H and O–H groups in total. The van der Waals surface area contributed by atoms with Gasteiger partial charge in [0.25, 0.3) is 0 Å². The number of carbonyl (C=O) groups excluding carboxylic acids is 1. The molecule has 0 aliphatic heterocycles. The molecule has 0 aromatic carbocycles. The summed E-state index contributed by atoms with van der Waals surface area (Å²) in [6.45, 7) is 1.49. The van der Waals surface area contributed by atoms with Crippen molar-refractivity contribution in [3.8, 4) is 0 Å². The number of carbonyl (C=O) groups is 1. The highest BCUT2D eigenvalue weighted by molar-refractivity contribution is 14.1. The summed E-state index contributed by atoms with van der Waals surface area (Å²) in [7, 11) is 1.84. The van der Waals surface area contributed by atoms with Crippen LogP contribution in [0.5, 0.6) is 0 Å². The summed E-state index contributed by atoms with van der Waals surface area (Å²) in [6, 6.07) is 0. The van der Waals surface area contributed by atoms with E-state index in [0.29, 0.717) is 0 Å². The smallest absolute Gasteiger partial charge is 0.221 e.